The molecule has 0 aliphatic rings. The van der Waals surface area contributed by atoms with Gasteiger partial charge in [0.15, 0.2) is 0 Å². The molecular formula is C33H44O8. The minimum Gasteiger partial charge on any atom is -0.462 e. The van der Waals surface area contributed by atoms with Gasteiger partial charge in [-0.1, -0.05) is 44.2 Å². The maximum Gasteiger partial charge on any atom is 0.338 e. The first-order valence-corrected chi connectivity index (χ1v) is 14.8. The minimum atomic E-state index is -0.449. The normalized spacial score (nSPS) is 10.6. The van der Waals surface area contributed by atoms with E-state index in [1.807, 2.05) is 12.1 Å². The topological polar surface area (TPSA) is 105 Å². The van der Waals surface area contributed by atoms with Crippen molar-refractivity contribution in [2.45, 2.75) is 85.5 Å². The van der Waals surface area contributed by atoms with Crippen LogP contribution in [0.3, 0.4) is 0 Å². The highest BCUT2D eigenvalue weighted by atomic mass is 16.5. The van der Waals surface area contributed by atoms with Crippen LogP contribution in [0.15, 0.2) is 36.4 Å². The van der Waals surface area contributed by atoms with Crippen molar-refractivity contribution in [3.05, 3.63) is 69.8 Å². The van der Waals surface area contributed by atoms with Crippen LogP contribution in [-0.2, 0) is 31.8 Å². The van der Waals surface area contributed by atoms with E-state index in [2.05, 4.69) is 0 Å². The molecule has 0 aliphatic heterocycles. The van der Waals surface area contributed by atoms with E-state index >= 15 is 0 Å². The molecule has 0 bridgehead atoms. The fraction of sp³-hybridized carbons (Fsp3) is 0.515. The van der Waals surface area contributed by atoms with Crippen molar-refractivity contribution >= 4 is 23.9 Å². The molecule has 0 radical (unpaired) electrons. The molecule has 0 aromatic heterocycles. The Labute approximate surface area is 243 Å². The molecule has 0 heterocycles. The van der Waals surface area contributed by atoms with E-state index in [4.69, 9.17) is 18.9 Å². The summed E-state index contributed by atoms with van der Waals surface area (Å²) in [6.45, 7) is 8.08. The summed E-state index contributed by atoms with van der Waals surface area (Å²) in [4.78, 5) is 49.2. The summed E-state index contributed by atoms with van der Waals surface area (Å²) in [6, 6.07) is 10.2. The minimum absolute atomic E-state index is 0.269. The third-order valence-corrected chi connectivity index (χ3v) is 6.62. The van der Waals surface area contributed by atoms with E-state index in [-0.39, 0.29) is 26.4 Å². The number of aryl methyl sites for hydroxylation is 2. The third-order valence-electron chi connectivity index (χ3n) is 6.62. The van der Waals surface area contributed by atoms with Crippen LogP contribution in [0.5, 0.6) is 0 Å². The average molecular weight is 569 g/mol. The van der Waals surface area contributed by atoms with Crippen LogP contribution in [0.1, 0.15) is 125 Å². The van der Waals surface area contributed by atoms with E-state index < -0.39 is 23.9 Å². The molecule has 0 amide bonds. The fourth-order valence-electron chi connectivity index (χ4n) is 4.58. The number of unbranched alkanes of at least 4 members (excludes halogenated alkanes) is 6. The Hall–Kier alpha value is -3.68. The number of carbonyl (C=O) groups is 4. The van der Waals surface area contributed by atoms with Crippen LogP contribution in [0, 0.1) is 0 Å². The molecule has 8 nitrogen and oxygen atoms in total. The Kier molecular flexibility index (Phi) is 15.2. The van der Waals surface area contributed by atoms with E-state index in [0.717, 1.165) is 68.9 Å². The van der Waals surface area contributed by atoms with Crippen molar-refractivity contribution in [3.63, 3.8) is 0 Å². The van der Waals surface area contributed by atoms with Crippen molar-refractivity contribution in [1.82, 2.24) is 0 Å². The number of rotatable bonds is 18. The zero-order valence-corrected chi connectivity index (χ0v) is 24.9. The van der Waals surface area contributed by atoms with Gasteiger partial charge in [0.1, 0.15) is 0 Å². The molecule has 224 valence electrons. The first-order chi connectivity index (χ1) is 19.9. The maximum absolute atomic E-state index is 12.5. The van der Waals surface area contributed by atoms with E-state index in [1.54, 1.807) is 52.0 Å². The average Bonchev–Trinajstić information content (AvgIpc) is 2.96. The molecular weight excluding hydrogens is 524 g/mol. The van der Waals surface area contributed by atoms with Crippen LogP contribution in [0.4, 0.5) is 0 Å². The van der Waals surface area contributed by atoms with Gasteiger partial charge in [0.2, 0.25) is 0 Å². The summed E-state index contributed by atoms with van der Waals surface area (Å²) in [6.07, 6.45) is 8.65. The molecule has 0 N–H and O–H groups in total. The number of ether oxygens (including phenoxy) is 4. The van der Waals surface area contributed by atoms with E-state index in [0.29, 0.717) is 22.3 Å². The first-order valence-electron chi connectivity index (χ1n) is 14.8. The highest BCUT2D eigenvalue weighted by molar-refractivity contribution is 5.97. The van der Waals surface area contributed by atoms with E-state index in [1.165, 1.54) is 0 Å². The van der Waals surface area contributed by atoms with Gasteiger partial charge in [-0.3, -0.25) is 0 Å². The first kappa shape index (κ1) is 33.5. The van der Waals surface area contributed by atoms with Gasteiger partial charge in [-0.05, 0) is 88.8 Å². The number of hydrogen-bond donors (Lipinski definition) is 0. The summed E-state index contributed by atoms with van der Waals surface area (Å²) in [5, 5.41) is 0. The summed E-state index contributed by atoms with van der Waals surface area (Å²) < 4.78 is 20.5. The molecule has 0 spiro atoms. The predicted molar refractivity (Wildman–Crippen MR) is 156 cm³/mol. The summed E-state index contributed by atoms with van der Waals surface area (Å²) >= 11 is 0. The smallest absolute Gasteiger partial charge is 0.338 e. The van der Waals surface area contributed by atoms with Crippen LogP contribution < -0.4 is 0 Å². The van der Waals surface area contributed by atoms with Gasteiger partial charge >= 0.3 is 23.9 Å². The summed E-state index contributed by atoms with van der Waals surface area (Å²) in [5.74, 6) is -1.74. The van der Waals surface area contributed by atoms with Gasteiger partial charge in [0, 0.05) is 0 Å². The Morgan fingerprint density at radius 1 is 0.463 bits per heavy atom. The lowest BCUT2D eigenvalue weighted by molar-refractivity contribution is 0.0505. The zero-order valence-electron chi connectivity index (χ0n) is 24.9. The highest BCUT2D eigenvalue weighted by Gasteiger charge is 2.18. The molecule has 41 heavy (non-hydrogen) atoms. The second-order valence-electron chi connectivity index (χ2n) is 9.60. The Bertz CT molecular complexity index is 1060. The second kappa shape index (κ2) is 18.6. The van der Waals surface area contributed by atoms with Gasteiger partial charge in [-0.2, -0.15) is 0 Å². The molecule has 2 aromatic rings. The zero-order chi connectivity index (χ0) is 30.0. The van der Waals surface area contributed by atoms with Crippen molar-refractivity contribution < 1.29 is 38.1 Å². The lowest BCUT2D eigenvalue weighted by atomic mass is 9.97. The van der Waals surface area contributed by atoms with Crippen molar-refractivity contribution in [2.24, 2.45) is 0 Å². The van der Waals surface area contributed by atoms with Gasteiger partial charge in [0.05, 0.1) is 48.7 Å². The lowest BCUT2D eigenvalue weighted by Gasteiger charge is -2.11. The highest BCUT2D eigenvalue weighted by Crippen LogP contribution is 2.20. The Morgan fingerprint density at radius 3 is 1.12 bits per heavy atom. The molecule has 0 saturated heterocycles. The lowest BCUT2D eigenvalue weighted by Crippen LogP contribution is -2.12. The molecule has 0 atom stereocenters. The van der Waals surface area contributed by atoms with Crippen LogP contribution in [0.2, 0.25) is 0 Å². The maximum atomic E-state index is 12.5. The van der Waals surface area contributed by atoms with Crippen molar-refractivity contribution in [1.29, 1.82) is 0 Å². The molecule has 0 unspecified atom stereocenters. The SMILES string of the molecule is CCOC(=O)c1ccc(CCCCCCCCCc2ccc(C(=O)OCC)cc2C(=O)OCC)c(C(=O)OCC)c1. The standard InChI is InChI=1S/C33H44O8/c1-5-38-30(34)26-20-18-24(28(22-26)32(36)40-7-3)16-14-12-10-9-11-13-15-17-25-19-21-27(31(35)39-6-2)23-29(25)33(37)41-8-4/h18-23H,5-17H2,1-4H3. The monoisotopic (exact) mass is 568 g/mol. The molecule has 0 aliphatic carbocycles. The van der Waals surface area contributed by atoms with Crippen LogP contribution in [0.25, 0.3) is 0 Å². The summed E-state index contributed by atoms with van der Waals surface area (Å²) in [5.41, 5.74) is 3.31. The van der Waals surface area contributed by atoms with Crippen LogP contribution >= 0.6 is 0 Å². The van der Waals surface area contributed by atoms with Gasteiger partial charge in [-0.15, -0.1) is 0 Å². The van der Waals surface area contributed by atoms with Crippen molar-refractivity contribution in [2.75, 3.05) is 26.4 Å². The number of benzene rings is 2. The number of carbonyl (C=O) groups excluding carboxylic acids is 4. The van der Waals surface area contributed by atoms with Gasteiger partial charge < -0.3 is 18.9 Å². The number of esters is 4. The Balaban J connectivity index is 1.80. The largest absolute Gasteiger partial charge is 0.462 e. The van der Waals surface area contributed by atoms with Gasteiger partial charge in [-0.25, -0.2) is 19.2 Å². The Morgan fingerprint density at radius 2 is 0.780 bits per heavy atom. The molecule has 2 rings (SSSR count). The molecule has 0 fully saturated rings. The van der Waals surface area contributed by atoms with Gasteiger partial charge in [0.25, 0.3) is 0 Å². The fourth-order valence-corrected chi connectivity index (χ4v) is 4.58. The van der Waals surface area contributed by atoms with E-state index in [9.17, 15) is 19.2 Å². The quantitative estimate of drug-likeness (QED) is 0.109. The molecule has 8 heteroatoms. The number of hydrogen-bond acceptors (Lipinski definition) is 8. The second-order valence-corrected chi connectivity index (χ2v) is 9.60. The molecule has 2 aromatic carbocycles. The summed E-state index contributed by atoms with van der Waals surface area (Å²) in [7, 11) is 0. The predicted octanol–water partition coefficient (Wildman–Crippen LogP) is 6.91. The van der Waals surface area contributed by atoms with Crippen LogP contribution in [-0.4, -0.2) is 50.3 Å². The third kappa shape index (κ3) is 11.0. The molecule has 0 saturated carbocycles. The van der Waals surface area contributed by atoms with Crippen molar-refractivity contribution in [3.8, 4) is 0 Å².